The molecule has 0 radical (unpaired) electrons. The lowest BCUT2D eigenvalue weighted by Gasteiger charge is -2.27. The van der Waals surface area contributed by atoms with Crippen molar-refractivity contribution in [1.82, 2.24) is 0 Å². The summed E-state index contributed by atoms with van der Waals surface area (Å²) >= 11 is 0. The molecular weight excluding hydrogens is 212 g/mol. The molecule has 0 fully saturated rings. The lowest BCUT2D eigenvalue weighted by atomic mass is 9.97. The molecule has 0 aromatic rings. The Hall–Kier alpha value is -1.10. The SMILES string of the molecule is CCOC(=O)OC(=O)C(CC)(CC)OCC. The Labute approximate surface area is 96.1 Å². The topological polar surface area (TPSA) is 61.8 Å². The summed E-state index contributed by atoms with van der Waals surface area (Å²) in [5, 5.41) is 0. The van der Waals surface area contributed by atoms with Gasteiger partial charge in [-0.05, 0) is 26.7 Å². The van der Waals surface area contributed by atoms with E-state index >= 15 is 0 Å². The van der Waals surface area contributed by atoms with Gasteiger partial charge in [0.1, 0.15) is 0 Å². The Morgan fingerprint density at radius 2 is 1.56 bits per heavy atom. The fraction of sp³-hybridized carbons (Fsp3) is 0.818. The molecule has 5 heteroatoms. The molecule has 0 spiro atoms. The van der Waals surface area contributed by atoms with Gasteiger partial charge in [0.05, 0.1) is 6.61 Å². The molecule has 0 aromatic carbocycles. The van der Waals surface area contributed by atoms with Gasteiger partial charge in [-0.15, -0.1) is 0 Å². The van der Waals surface area contributed by atoms with Crippen molar-refractivity contribution in [1.29, 1.82) is 0 Å². The van der Waals surface area contributed by atoms with E-state index in [-0.39, 0.29) is 6.61 Å². The van der Waals surface area contributed by atoms with Crippen LogP contribution in [0, 0.1) is 0 Å². The largest absolute Gasteiger partial charge is 0.516 e. The maximum absolute atomic E-state index is 11.8. The van der Waals surface area contributed by atoms with Crippen LogP contribution in [0.1, 0.15) is 40.5 Å². The van der Waals surface area contributed by atoms with E-state index in [1.165, 1.54) is 0 Å². The maximum atomic E-state index is 11.8. The molecule has 0 atom stereocenters. The second-order valence-electron chi connectivity index (χ2n) is 3.21. The Kier molecular flexibility index (Phi) is 6.72. The van der Waals surface area contributed by atoms with Crippen molar-refractivity contribution in [3.8, 4) is 0 Å². The van der Waals surface area contributed by atoms with Crippen LogP contribution in [0.2, 0.25) is 0 Å². The highest BCUT2D eigenvalue weighted by molar-refractivity contribution is 5.88. The molecule has 94 valence electrons. The molecule has 0 aliphatic rings. The van der Waals surface area contributed by atoms with Crippen molar-refractivity contribution in [2.75, 3.05) is 13.2 Å². The van der Waals surface area contributed by atoms with Gasteiger partial charge < -0.3 is 14.2 Å². The van der Waals surface area contributed by atoms with Crippen LogP contribution in [0.5, 0.6) is 0 Å². The van der Waals surface area contributed by atoms with Gasteiger partial charge in [-0.1, -0.05) is 13.8 Å². The summed E-state index contributed by atoms with van der Waals surface area (Å²) in [6, 6.07) is 0. The first-order valence-corrected chi connectivity index (χ1v) is 5.59. The van der Waals surface area contributed by atoms with Crippen molar-refractivity contribution >= 4 is 12.1 Å². The minimum absolute atomic E-state index is 0.173. The fourth-order valence-corrected chi connectivity index (χ4v) is 1.39. The van der Waals surface area contributed by atoms with Crippen LogP contribution < -0.4 is 0 Å². The lowest BCUT2D eigenvalue weighted by molar-refractivity contribution is -0.169. The number of carbonyl (C=O) groups excluding carboxylic acids is 2. The second-order valence-corrected chi connectivity index (χ2v) is 3.21. The molecule has 5 nitrogen and oxygen atoms in total. The summed E-state index contributed by atoms with van der Waals surface area (Å²) < 4.78 is 14.5. The zero-order valence-corrected chi connectivity index (χ0v) is 10.4. The van der Waals surface area contributed by atoms with Crippen LogP contribution in [-0.4, -0.2) is 30.9 Å². The highest BCUT2D eigenvalue weighted by Crippen LogP contribution is 2.22. The quantitative estimate of drug-likeness (QED) is 0.519. The molecule has 0 unspecified atom stereocenters. The Morgan fingerprint density at radius 3 is 1.94 bits per heavy atom. The van der Waals surface area contributed by atoms with Gasteiger partial charge in [-0.2, -0.15) is 0 Å². The summed E-state index contributed by atoms with van der Waals surface area (Å²) in [7, 11) is 0. The van der Waals surface area contributed by atoms with Crippen LogP contribution in [-0.2, 0) is 19.0 Å². The van der Waals surface area contributed by atoms with Crippen molar-refractivity contribution < 1.29 is 23.8 Å². The first-order chi connectivity index (χ1) is 7.56. The van der Waals surface area contributed by atoms with E-state index in [1.54, 1.807) is 13.8 Å². The van der Waals surface area contributed by atoms with Gasteiger partial charge in [0, 0.05) is 6.61 Å². The summed E-state index contributed by atoms with van der Waals surface area (Å²) in [4.78, 5) is 22.8. The molecule has 0 heterocycles. The van der Waals surface area contributed by atoms with Gasteiger partial charge in [-0.25, -0.2) is 9.59 Å². The van der Waals surface area contributed by atoms with Crippen molar-refractivity contribution in [3.05, 3.63) is 0 Å². The van der Waals surface area contributed by atoms with Crippen LogP contribution >= 0.6 is 0 Å². The van der Waals surface area contributed by atoms with Gasteiger partial charge in [0.25, 0.3) is 0 Å². The number of esters is 1. The third kappa shape index (κ3) is 3.81. The smallest absolute Gasteiger partial charge is 0.434 e. The number of carbonyl (C=O) groups is 2. The second kappa shape index (κ2) is 7.22. The molecule has 0 aliphatic heterocycles. The van der Waals surface area contributed by atoms with E-state index in [0.29, 0.717) is 19.4 Å². The lowest BCUT2D eigenvalue weighted by Crippen LogP contribution is -2.43. The van der Waals surface area contributed by atoms with Crippen LogP contribution in [0.25, 0.3) is 0 Å². The summed E-state index contributed by atoms with van der Waals surface area (Å²) in [5.74, 6) is -0.683. The molecule has 0 N–H and O–H groups in total. The summed E-state index contributed by atoms with van der Waals surface area (Å²) in [6.45, 7) is 7.61. The van der Waals surface area contributed by atoms with E-state index in [1.807, 2.05) is 13.8 Å². The minimum atomic E-state index is -1.04. The predicted octanol–water partition coefficient (Wildman–Crippen LogP) is 2.28. The first-order valence-electron chi connectivity index (χ1n) is 5.59. The third-order valence-electron chi connectivity index (χ3n) is 2.37. The average molecular weight is 232 g/mol. The van der Waals surface area contributed by atoms with Crippen molar-refractivity contribution in [2.24, 2.45) is 0 Å². The fourth-order valence-electron chi connectivity index (χ4n) is 1.39. The van der Waals surface area contributed by atoms with Crippen LogP contribution in [0.15, 0.2) is 0 Å². The van der Waals surface area contributed by atoms with Crippen LogP contribution in [0.4, 0.5) is 4.79 Å². The standard InChI is InChI=1S/C11H20O5/c1-5-11(6-2,15-8-4)9(12)16-10(13)14-7-3/h5-8H2,1-4H3. The van der Waals surface area contributed by atoms with E-state index in [9.17, 15) is 9.59 Å². The Morgan fingerprint density at radius 1 is 1.00 bits per heavy atom. The van der Waals surface area contributed by atoms with E-state index in [4.69, 9.17) is 4.74 Å². The molecule has 0 amide bonds. The number of hydrogen-bond donors (Lipinski definition) is 0. The molecular formula is C11H20O5. The molecule has 0 aromatic heterocycles. The first kappa shape index (κ1) is 14.9. The zero-order valence-electron chi connectivity index (χ0n) is 10.4. The monoisotopic (exact) mass is 232 g/mol. The minimum Gasteiger partial charge on any atom is -0.434 e. The molecule has 0 aliphatic carbocycles. The molecule has 0 bridgehead atoms. The zero-order chi connectivity index (χ0) is 12.6. The van der Waals surface area contributed by atoms with Crippen molar-refractivity contribution in [2.45, 2.75) is 46.1 Å². The molecule has 0 saturated carbocycles. The highest BCUT2D eigenvalue weighted by atomic mass is 16.7. The average Bonchev–Trinajstić information content (AvgIpc) is 2.26. The third-order valence-corrected chi connectivity index (χ3v) is 2.37. The summed E-state index contributed by atoms with van der Waals surface area (Å²) in [5.41, 5.74) is -1.04. The van der Waals surface area contributed by atoms with Crippen molar-refractivity contribution in [3.63, 3.8) is 0 Å². The van der Waals surface area contributed by atoms with Gasteiger partial charge >= 0.3 is 12.1 Å². The van der Waals surface area contributed by atoms with Gasteiger partial charge in [0.15, 0.2) is 5.60 Å². The predicted molar refractivity (Wildman–Crippen MR) is 58.1 cm³/mol. The van der Waals surface area contributed by atoms with Gasteiger partial charge in [0.2, 0.25) is 0 Å². The number of rotatable bonds is 6. The molecule has 0 saturated heterocycles. The molecule has 16 heavy (non-hydrogen) atoms. The Balaban J connectivity index is 4.55. The maximum Gasteiger partial charge on any atom is 0.516 e. The van der Waals surface area contributed by atoms with E-state index in [2.05, 4.69) is 9.47 Å². The summed E-state index contributed by atoms with van der Waals surface area (Å²) in [6.07, 6.45) is -0.0657. The van der Waals surface area contributed by atoms with Gasteiger partial charge in [-0.3, -0.25) is 0 Å². The van der Waals surface area contributed by atoms with E-state index in [0.717, 1.165) is 0 Å². The van der Waals surface area contributed by atoms with E-state index < -0.39 is 17.7 Å². The highest BCUT2D eigenvalue weighted by Gasteiger charge is 2.39. The molecule has 0 rings (SSSR count). The number of ether oxygens (including phenoxy) is 3. The normalized spacial score (nSPS) is 11.0. The number of hydrogen-bond acceptors (Lipinski definition) is 5. The Bertz CT molecular complexity index is 233. The van der Waals surface area contributed by atoms with Crippen LogP contribution in [0.3, 0.4) is 0 Å².